The lowest BCUT2D eigenvalue weighted by atomic mass is 9.46. The highest BCUT2D eigenvalue weighted by atomic mass is 35.5. The summed E-state index contributed by atoms with van der Waals surface area (Å²) in [5.74, 6) is 0.744. The summed E-state index contributed by atoms with van der Waals surface area (Å²) in [6.07, 6.45) is 9.66. The minimum atomic E-state index is -1.12. The molecule has 5 heteroatoms. The van der Waals surface area contributed by atoms with E-state index in [-0.39, 0.29) is 16.6 Å². The van der Waals surface area contributed by atoms with Gasteiger partial charge in [-0.25, -0.2) is 0 Å². The highest BCUT2D eigenvalue weighted by Crippen LogP contribution is 2.68. The molecule has 4 aliphatic carbocycles. The fourth-order valence-electron chi connectivity index (χ4n) is 8.59. The zero-order chi connectivity index (χ0) is 24.4. The number of benzene rings is 1. The Bertz CT molecular complexity index is 988. The lowest BCUT2D eigenvalue weighted by Gasteiger charge is -2.59. The largest absolute Gasteiger partial charge is 0.370 e. The minimum Gasteiger partial charge on any atom is -0.370 e. The van der Waals surface area contributed by atoms with Crippen molar-refractivity contribution in [1.29, 1.82) is 0 Å². The maximum Gasteiger partial charge on any atom is 0.169 e. The van der Waals surface area contributed by atoms with Crippen LogP contribution in [0, 0.1) is 28.6 Å². The smallest absolute Gasteiger partial charge is 0.169 e. The van der Waals surface area contributed by atoms with Gasteiger partial charge < -0.3 is 14.6 Å². The predicted octanol–water partition coefficient (Wildman–Crippen LogP) is 6.48. The third kappa shape index (κ3) is 3.55. The number of Topliss-reactive ketones (excluding diaryl/α,β-unsaturated/α-hetero) is 1. The third-order valence-electron chi connectivity index (χ3n) is 10.6. The summed E-state index contributed by atoms with van der Waals surface area (Å²) in [4.78, 5) is 12.8. The molecule has 0 aromatic heterocycles. The summed E-state index contributed by atoms with van der Waals surface area (Å²) in [6, 6.07) is 7.61. The normalized spacial score (nSPS) is 43.5. The van der Waals surface area contributed by atoms with Crippen molar-refractivity contribution in [2.45, 2.75) is 90.1 Å². The van der Waals surface area contributed by atoms with Gasteiger partial charge in [0.15, 0.2) is 11.6 Å². The minimum absolute atomic E-state index is 0.0897. The Morgan fingerprint density at radius 1 is 1.09 bits per heavy atom. The molecular formula is C29H39ClO4. The lowest BCUT2D eigenvalue weighted by Crippen LogP contribution is -2.58. The second kappa shape index (κ2) is 8.44. The summed E-state index contributed by atoms with van der Waals surface area (Å²) < 4.78 is 12.1. The molecule has 0 saturated heterocycles. The molecule has 1 aromatic carbocycles. The molecular weight excluding hydrogens is 448 g/mol. The van der Waals surface area contributed by atoms with Crippen LogP contribution in [0.2, 0.25) is 5.02 Å². The number of allylic oxidation sites excluding steroid dienone is 1. The highest BCUT2D eigenvalue weighted by molar-refractivity contribution is 6.30. The van der Waals surface area contributed by atoms with Crippen LogP contribution in [-0.2, 0) is 20.9 Å². The fraction of sp³-hybridized carbons (Fsp3) is 0.690. The van der Waals surface area contributed by atoms with Gasteiger partial charge in [-0.15, -0.1) is 0 Å². The number of ether oxygens (including phenoxy) is 2. The Labute approximate surface area is 209 Å². The van der Waals surface area contributed by atoms with Crippen LogP contribution in [0.15, 0.2) is 35.9 Å². The molecule has 0 aliphatic heterocycles. The van der Waals surface area contributed by atoms with E-state index in [2.05, 4.69) is 19.9 Å². The number of halogens is 1. The van der Waals surface area contributed by atoms with Gasteiger partial charge in [-0.1, -0.05) is 49.2 Å². The van der Waals surface area contributed by atoms with Gasteiger partial charge >= 0.3 is 0 Å². The molecule has 3 fully saturated rings. The van der Waals surface area contributed by atoms with Gasteiger partial charge in [0.1, 0.15) is 5.60 Å². The number of methoxy groups -OCH3 is 1. The van der Waals surface area contributed by atoms with Crippen LogP contribution >= 0.6 is 11.6 Å². The van der Waals surface area contributed by atoms with Crippen molar-refractivity contribution >= 4 is 17.4 Å². The van der Waals surface area contributed by atoms with Crippen LogP contribution in [-0.4, -0.2) is 29.4 Å². The summed E-state index contributed by atoms with van der Waals surface area (Å²) in [6.45, 7) is 6.84. The van der Waals surface area contributed by atoms with Crippen molar-refractivity contribution in [2.75, 3.05) is 7.11 Å². The highest BCUT2D eigenvalue weighted by Gasteiger charge is 2.66. The number of carbonyl (C=O) groups excluding carboxylic acids is 1. The van der Waals surface area contributed by atoms with E-state index in [0.717, 1.165) is 44.1 Å². The van der Waals surface area contributed by atoms with Crippen LogP contribution in [0.4, 0.5) is 0 Å². The summed E-state index contributed by atoms with van der Waals surface area (Å²) in [5, 5.41) is 12.0. The predicted molar refractivity (Wildman–Crippen MR) is 133 cm³/mol. The molecule has 4 aliphatic rings. The quantitative estimate of drug-likeness (QED) is 0.382. The van der Waals surface area contributed by atoms with Gasteiger partial charge in [-0.05, 0) is 86.3 Å². The van der Waals surface area contributed by atoms with Crippen molar-refractivity contribution in [2.24, 2.45) is 28.6 Å². The monoisotopic (exact) mass is 486 g/mol. The Morgan fingerprint density at radius 3 is 2.47 bits per heavy atom. The van der Waals surface area contributed by atoms with Crippen LogP contribution < -0.4 is 0 Å². The summed E-state index contributed by atoms with van der Waals surface area (Å²) in [7, 11) is 1.73. The number of fused-ring (bicyclic) bond motifs is 5. The first-order valence-electron chi connectivity index (χ1n) is 12.9. The molecule has 3 unspecified atom stereocenters. The van der Waals surface area contributed by atoms with Crippen molar-refractivity contribution in [3.05, 3.63) is 46.5 Å². The number of hydrogen-bond acceptors (Lipinski definition) is 4. The molecule has 0 spiro atoms. The van der Waals surface area contributed by atoms with E-state index in [4.69, 9.17) is 21.1 Å². The first-order valence-corrected chi connectivity index (χ1v) is 13.3. The number of carbonyl (C=O) groups is 1. The number of hydrogen-bond donors (Lipinski definition) is 1. The topological polar surface area (TPSA) is 55.8 Å². The number of aliphatic hydroxyl groups is 1. The molecule has 1 aromatic rings. The first-order chi connectivity index (χ1) is 16.1. The van der Waals surface area contributed by atoms with Crippen LogP contribution in [0.3, 0.4) is 0 Å². The molecule has 4 nitrogen and oxygen atoms in total. The average Bonchev–Trinajstić information content (AvgIpc) is 3.13. The van der Waals surface area contributed by atoms with Crippen molar-refractivity contribution in [3.63, 3.8) is 0 Å². The van der Waals surface area contributed by atoms with Gasteiger partial charge in [-0.3, -0.25) is 4.79 Å². The van der Waals surface area contributed by atoms with E-state index in [1.54, 1.807) is 14.0 Å². The lowest BCUT2D eigenvalue weighted by molar-refractivity contribution is -0.232. The second-order valence-electron chi connectivity index (χ2n) is 11.9. The van der Waals surface area contributed by atoms with Gasteiger partial charge in [0.2, 0.25) is 0 Å². The molecule has 7 atom stereocenters. The Hall–Kier alpha value is -1.20. The Balaban J connectivity index is 1.35. The zero-order valence-corrected chi connectivity index (χ0v) is 21.8. The molecule has 0 amide bonds. The molecule has 1 N–H and O–H groups in total. The van der Waals surface area contributed by atoms with Crippen LogP contribution in [0.25, 0.3) is 0 Å². The van der Waals surface area contributed by atoms with Gasteiger partial charge in [0.25, 0.3) is 0 Å². The first kappa shape index (κ1) is 24.5. The number of ketones is 1. The van der Waals surface area contributed by atoms with Crippen molar-refractivity contribution in [1.82, 2.24) is 0 Å². The summed E-state index contributed by atoms with van der Waals surface area (Å²) >= 11 is 6.00. The van der Waals surface area contributed by atoms with Crippen LogP contribution in [0.5, 0.6) is 0 Å². The molecule has 5 rings (SSSR count). The van der Waals surface area contributed by atoms with E-state index >= 15 is 0 Å². The maximum atomic E-state index is 12.8. The van der Waals surface area contributed by atoms with E-state index in [9.17, 15) is 9.90 Å². The van der Waals surface area contributed by atoms with E-state index < -0.39 is 11.4 Å². The third-order valence-corrected chi connectivity index (χ3v) is 10.8. The standard InChI is InChI=1S/C29H39ClO4/c1-19(31)29(33-4)14-12-25-23-10-7-21-17-28(32,34-18-20-5-8-22(30)9-6-20)16-15-26(21,2)24(23)11-13-27(25,29)3/h5-9,23-25,32H,10-18H2,1-4H3/t23?,24?,25?,26-,27-,28-,29+/m0/s1. The molecule has 0 radical (unpaired) electrons. The van der Waals surface area contributed by atoms with Gasteiger partial charge in [0, 0.05) is 30.4 Å². The van der Waals surface area contributed by atoms with E-state index in [1.807, 2.05) is 24.3 Å². The summed E-state index contributed by atoms with van der Waals surface area (Å²) in [5.41, 5.74) is 1.76. The SMILES string of the molecule is CO[C@@]1(C(C)=O)CCC2C3CC=C4C[C@@](O)(OCc5ccc(Cl)cc5)CC[C@]4(C)C3CC[C@@]21C. The van der Waals surface area contributed by atoms with Gasteiger partial charge in [-0.2, -0.15) is 0 Å². The average molecular weight is 487 g/mol. The fourth-order valence-corrected chi connectivity index (χ4v) is 8.72. The van der Waals surface area contributed by atoms with Gasteiger partial charge in [0.05, 0.1) is 6.61 Å². The number of rotatable bonds is 5. The molecule has 0 heterocycles. The Morgan fingerprint density at radius 2 is 1.79 bits per heavy atom. The van der Waals surface area contributed by atoms with Crippen LogP contribution in [0.1, 0.15) is 77.7 Å². The van der Waals surface area contributed by atoms with Crippen molar-refractivity contribution < 1.29 is 19.4 Å². The second-order valence-corrected chi connectivity index (χ2v) is 12.3. The van der Waals surface area contributed by atoms with E-state index in [1.165, 1.54) is 5.57 Å². The molecule has 3 saturated carbocycles. The molecule has 34 heavy (non-hydrogen) atoms. The van der Waals surface area contributed by atoms with Crippen molar-refractivity contribution in [3.8, 4) is 0 Å². The zero-order valence-electron chi connectivity index (χ0n) is 21.0. The van der Waals surface area contributed by atoms with E-state index in [0.29, 0.717) is 42.2 Å². The maximum absolute atomic E-state index is 12.8. The molecule has 186 valence electrons. The molecule has 0 bridgehead atoms. The Kier molecular flexibility index (Phi) is 6.08.